The van der Waals surface area contributed by atoms with Crippen LogP contribution >= 0.6 is 0 Å². The van der Waals surface area contributed by atoms with Gasteiger partial charge in [0.05, 0.1) is 19.0 Å². The van der Waals surface area contributed by atoms with Crippen molar-refractivity contribution in [2.45, 2.75) is 226 Å². The molecule has 0 aliphatic carbocycles. The minimum absolute atomic E-state index is 0.605. The summed E-state index contributed by atoms with van der Waals surface area (Å²) in [5, 5.41) is 0. The zero-order valence-corrected chi connectivity index (χ0v) is 28.3. The molecule has 1 aromatic heterocycles. The molecule has 0 aromatic carbocycles. The third-order valence-electron chi connectivity index (χ3n) is 9.04. The molecule has 2 heteroatoms. The summed E-state index contributed by atoms with van der Waals surface area (Å²) in [6.07, 6.45) is 44.9. The van der Waals surface area contributed by atoms with E-state index in [-0.39, 0.29) is 0 Å². The summed E-state index contributed by atoms with van der Waals surface area (Å²) in [5.41, 5.74) is 0. The number of rotatable bonds is 31. The molecule has 0 radical (unpaired) electrons. The van der Waals surface area contributed by atoms with Crippen molar-refractivity contribution >= 4 is 0 Å². The Morgan fingerprint density at radius 1 is 0.475 bits per heavy atom. The molecule has 0 unspecified atom stereocenters. The summed E-state index contributed by atoms with van der Waals surface area (Å²) in [4.78, 5) is 0. The number of hydrogen-bond acceptors (Lipinski definition) is 0. The van der Waals surface area contributed by atoms with E-state index in [0.29, 0.717) is 5.92 Å². The molecule has 1 rings (SSSR count). The molecular formula is C38H75N2+. The third kappa shape index (κ3) is 21.0. The number of hydrogen-bond donors (Lipinski definition) is 0. The predicted octanol–water partition coefficient (Wildman–Crippen LogP) is 12.9. The second-order valence-corrected chi connectivity index (χ2v) is 13.4. The van der Waals surface area contributed by atoms with Gasteiger partial charge in [0.1, 0.15) is 12.4 Å². The van der Waals surface area contributed by atoms with Gasteiger partial charge in [0, 0.05) is 0 Å². The highest BCUT2D eigenvalue weighted by Crippen LogP contribution is 2.16. The molecule has 2 nitrogen and oxygen atoms in total. The lowest BCUT2D eigenvalue weighted by molar-refractivity contribution is -0.705. The Hall–Kier alpha value is -0.790. The first-order valence-corrected chi connectivity index (χ1v) is 18.8. The lowest BCUT2D eigenvalue weighted by Crippen LogP contribution is -2.38. The van der Waals surface area contributed by atoms with Crippen LogP contribution in [0.2, 0.25) is 0 Å². The van der Waals surface area contributed by atoms with Crippen molar-refractivity contribution in [3.05, 3.63) is 18.2 Å². The van der Waals surface area contributed by atoms with Crippen molar-refractivity contribution in [3.63, 3.8) is 0 Å². The maximum Gasteiger partial charge on any atom is 0.258 e. The Labute approximate surface area is 253 Å². The van der Waals surface area contributed by atoms with E-state index in [4.69, 9.17) is 0 Å². The molecule has 0 amide bonds. The fourth-order valence-corrected chi connectivity index (χ4v) is 6.47. The molecule has 0 saturated carbocycles. The van der Waals surface area contributed by atoms with Crippen LogP contribution in [0.5, 0.6) is 0 Å². The predicted molar refractivity (Wildman–Crippen MR) is 179 cm³/mol. The number of nitrogens with zero attached hydrogens (tertiary/aromatic N) is 2. The van der Waals surface area contributed by atoms with Gasteiger partial charge < -0.3 is 0 Å². The van der Waals surface area contributed by atoms with E-state index < -0.39 is 0 Å². The van der Waals surface area contributed by atoms with Gasteiger partial charge in [-0.3, -0.25) is 0 Å². The van der Waals surface area contributed by atoms with Gasteiger partial charge in [-0.1, -0.05) is 182 Å². The Bertz CT molecular complexity index is 582. The Morgan fingerprint density at radius 2 is 0.800 bits per heavy atom. The van der Waals surface area contributed by atoms with E-state index in [1.165, 1.54) is 193 Å². The van der Waals surface area contributed by atoms with Crippen LogP contribution in [0.1, 0.15) is 219 Å². The second-order valence-electron chi connectivity index (χ2n) is 13.4. The summed E-state index contributed by atoms with van der Waals surface area (Å²) in [7, 11) is 0. The van der Waals surface area contributed by atoms with Crippen molar-refractivity contribution in [3.8, 4) is 0 Å². The molecule has 1 heterocycles. The van der Waals surface area contributed by atoms with Gasteiger partial charge in [0.2, 0.25) is 0 Å². The normalized spacial score (nSPS) is 11.7. The van der Waals surface area contributed by atoms with Gasteiger partial charge in [0.25, 0.3) is 5.82 Å². The molecule has 0 bridgehead atoms. The number of unbranched alkanes of at least 4 members (excludes halogenated alkanes) is 26. The average molecular weight is 560 g/mol. The summed E-state index contributed by atoms with van der Waals surface area (Å²) in [6.45, 7) is 11.8. The molecule has 0 fully saturated rings. The first-order valence-electron chi connectivity index (χ1n) is 18.8. The number of imidazole rings is 1. The van der Waals surface area contributed by atoms with E-state index >= 15 is 0 Å². The summed E-state index contributed by atoms with van der Waals surface area (Å²) >= 11 is 0. The highest BCUT2D eigenvalue weighted by molar-refractivity contribution is 4.89. The summed E-state index contributed by atoms with van der Waals surface area (Å²) in [5.74, 6) is 2.15. The van der Waals surface area contributed by atoms with Crippen LogP contribution in [0.25, 0.3) is 0 Å². The van der Waals surface area contributed by atoms with Crippen LogP contribution in [0.4, 0.5) is 0 Å². The van der Waals surface area contributed by atoms with Crippen molar-refractivity contribution in [2.75, 3.05) is 0 Å². The zero-order chi connectivity index (χ0) is 28.9. The largest absolute Gasteiger partial charge is 0.258 e. The first-order chi connectivity index (χ1) is 19.7. The van der Waals surface area contributed by atoms with Crippen LogP contribution in [0.15, 0.2) is 12.4 Å². The Balaban J connectivity index is 2.02. The van der Waals surface area contributed by atoms with Gasteiger partial charge in [-0.25, -0.2) is 9.13 Å². The monoisotopic (exact) mass is 560 g/mol. The molecule has 40 heavy (non-hydrogen) atoms. The van der Waals surface area contributed by atoms with E-state index in [2.05, 4.69) is 49.2 Å². The smallest absolute Gasteiger partial charge is 0.234 e. The molecule has 0 atom stereocenters. The first kappa shape index (κ1) is 37.2. The van der Waals surface area contributed by atoms with Gasteiger partial charge in [-0.05, 0) is 25.7 Å². The van der Waals surface area contributed by atoms with Crippen molar-refractivity contribution in [2.24, 2.45) is 0 Å². The number of aromatic nitrogens is 2. The van der Waals surface area contributed by atoms with Crippen LogP contribution in [0.3, 0.4) is 0 Å². The summed E-state index contributed by atoms with van der Waals surface area (Å²) in [6, 6.07) is 0. The average Bonchev–Trinajstić information content (AvgIpc) is 3.36. The fourth-order valence-electron chi connectivity index (χ4n) is 6.47. The SMILES string of the molecule is CCCCCCCCCCCCCCCCn1cc[n+](CCCCCCCCCCCCCCCC)c1C(C)C. The topological polar surface area (TPSA) is 8.81 Å². The summed E-state index contributed by atoms with van der Waals surface area (Å²) < 4.78 is 5.13. The lowest BCUT2D eigenvalue weighted by Gasteiger charge is -2.08. The van der Waals surface area contributed by atoms with Crippen LogP contribution in [-0.2, 0) is 13.1 Å². The molecule has 0 aliphatic heterocycles. The zero-order valence-electron chi connectivity index (χ0n) is 28.3. The molecule has 1 aromatic rings. The van der Waals surface area contributed by atoms with Gasteiger partial charge in [-0.2, -0.15) is 0 Å². The minimum atomic E-state index is 0.605. The van der Waals surface area contributed by atoms with Crippen molar-refractivity contribution < 1.29 is 4.57 Å². The highest BCUT2D eigenvalue weighted by Gasteiger charge is 2.20. The minimum Gasteiger partial charge on any atom is -0.234 e. The van der Waals surface area contributed by atoms with Gasteiger partial charge >= 0.3 is 0 Å². The second kappa shape index (κ2) is 28.3. The van der Waals surface area contributed by atoms with Crippen molar-refractivity contribution in [1.29, 1.82) is 0 Å². The number of aryl methyl sites for hydroxylation is 2. The third-order valence-corrected chi connectivity index (χ3v) is 9.04. The fraction of sp³-hybridized carbons (Fsp3) is 0.921. The molecule has 0 spiro atoms. The van der Waals surface area contributed by atoms with E-state index in [1.54, 1.807) is 5.82 Å². The quantitative estimate of drug-likeness (QED) is 0.0631. The van der Waals surface area contributed by atoms with Gasteiger partial charge in [-0.15, -0.1) is 0 Å². The van der Waals surface area contributed by atoms with E-state index in [0.717, 1.165) is 0 Å². The van der Waals surface area contributed by atoms with E-state index in [9.17, 15) is 0 Å². The Kier molecular flexibility index (Phi) is 26.4. The molecule has 236 valence electrons. The highest BCUT2D eigenvalue weighted by atomic mass is 15.1. The standard InChI is InChI=1S/C38H75N2/c1-5-7-9-11-13-15-17-19-21-23-25-27-29-31-33-39-35-36-40(38(39)37(3)4)34-32-30-28-26-24-22-20-18-16-14-12-10-8-6-2/h35-37H,5-34H2,1-4H3/q+1. The van der Waals surface area contributed by atoms with Crippen LogP contribution in [-0.4, -0.2) is 4.57 Å². The maximum absolute atomic E-state index is 2.56. The van der Waals surface area contributed by atoms with Crippen LogP contribution in [0, 0.1) is 0 Å². The van der Waals surface area contributed by atoms with E-state index in [1.807, 2.05) is 0 Å². The lowest BCUT2D eigenvalue weighted by atomic mass is 10.0. The molecular weight excluding hydrogens is 484 g/mol. The maximum atomic E-state index is 2.56. The molecule has 0 N–H and O–H groups in total. The molecule has 0 aliphatic rings. The van der Waals surface area contributed by atoms with Crippen molar-refractivity contribution in [1.82, 2.24) is 4.57 Å². The Morgan fingerprint density at radius 3 is 1.15 bits per heavy atom. The van der Waals surface area contributed by atoms with Gasteiger partial charge in [0.15, 0.2) is 0 Å². The van der Waals surface area contributed by atoms with Crippen LogP contribution < -0.4 is 4.57 Å². The molecule has 0 saturated heterocycles.